The van der Waals surface area contributed by atoms with Gasteiger partial charge in [-0.15, -0.1) is 0 Å². The monoisotopic (exact) mass is 363 g/mol. The third-order valence-corrected chi connectivity index (χ3v) is 5.14. The number of hydrogen-bond acceptors (Lipinski definition) is 3. The van der Waals surface area contributed by atoms with Gasteiger partial charge in [-0.3, -0.25) is 0 Å². The molecule has 24 heavy (non-hydrogen) atoms. The maximum absolute atomic E-state index is 11.9. The second kappa shape index (κ2) is 8.23. The molecule has 0 radical (unpaired) electrons. The summed E-state index contributed by atoms with van der Waals surface area (Å²) in [6.45, 7) is 4.77. The van der Waals surface area contributed by atoms with E-state index in [1.54, 1.807) is 31.2 Å². The summed E-state index contributed by atoms with van der Waals surface area (Å²) in [5, 5.41) is 6.65. The molecule has 0 fully saturated rings. The first-order chi connectivity index (χ1) is 11.4. The molecule has 0 saturated heterocycles. The van der Waals surface area contributed by atoms with E-state index in [9.17, 15) is 8.42 Å². The number of aryl methyl sites for hydroxylation is 1. The van der Waals surface area contributed by atoms with E-state index < -0.39 is 10.0 Å². The van der Waals surface area contributed by atoms with Gasteiger partial charge >= 0.3 is 0 Å². The Labute approximate surface area is 148 Å². The fraction of sp³-hybridized carbons (Fsp3) is 0.235. The molecule has 128 valence electrons. The van der Waals surface area contributed by atoms with Crippen LogP contribution in [0.1, 0.15) is 18.1 Å². The van der Waals surface area contributed by atoms with Crippen molar-refractivity contribution in [3.05, 3.63) is 59.7 Å². The van der Waals surface area contributed by atoms with E-state index in [4.69, 9.17) is 12.2 Å². The fourth-order valence-electron chi connectivity index (χ4n) is 2.05. The van der Waals surface area contributed by atoms with Crippen LogP contribution in [0.15, 0.2) is 53.4 Å². The lowest BCUT2D eigenvalue weighted by Gasteiger charge is -2.11. The van der Waals surface area contributed by atoms with Crippen LogP contribution in [-0.2, 0) is 16.6 Å². The third kappa shape index (κ3) is 5.30. The Kier molecular flexibility index (Phi) is 6.30. The lowest BCUT2D eigenvalue weighted by atomic mass is 10.1. The van der Waals surface area contributed by atoms with Crippen molar-refractivity contribution in [2.45, 2.75) is 25.3 Å². The van der Waals surface area contributed by atoms with E-state index in [2.05, 4.69) is 27.5 Å². The minimum atomic E-state index is -3.43. The zero-order chi connectivity index (χ0) is 17.6. The van der Waals surface area contributed by atoms with Crippen LogP contribution in [0.4, 0.5) is 5.69 Å². The standard InChI is InChI=1S/C17H21N3O2S2/c1-3-19-24(21,22)16-10-8-15(9-11-16)20-17(23)18-12-14-6-4-13(2)5-7-14/h4-11,19H,3,12H2,1-2H3,(H2,18,20,23). The second-order valence-corrected chi connectivity index (χ2v) is 7.49. The Hall–Kier alpha value is -1.96. The Morgan fingerprint density at radius 1 is 1.04 bits per heavy atom. The molecule has 0 atom stereocenters. The van der Waals surface area contributed by atoms with Crippen LogP contribution < -0.4 is 15.4 Å². The minimum absolute atomic E-state index is 0.230. The van der Waals surface area contributed by atoms with Crippen LogP contribution >= 0.6 is 12.2 Å². The topological polar surface area (TPSA) is 70.2 Å². The van der Waals surface area contributed by atoms with Gasteiger partial charge in [0.1, 0.15) is 0 Å². The molecular weight excluding hydrogens is 342 g/mol. The van der Waals surface area contributed by atoms with Gasteiger partial charge in [0.2, 0.25) is 10.0 Å². The molecule has 7 heteroatoms. The SMILES string of the molecule is CCNS(=O)(=O)c1ccc(NC(=S)NCc2ccc(C)cc2)cc1. The van der Waals surface area contributed by atoms with E-state index in [1.807, 2.05) is 19.1 Å². The Morgan fingerprint density at radius 2 is 1.67 bits per heavy atom. The molecule has 0 aliphatic heterocycles. The Morgan fingerprint density at radius 3 is 2.25 bits per heavy atom. The molecule has 2 rings (SSSR count). The molecule has 3 N–H and O–H groups in total. The quantitative estimate of drug-likeness (QED) is 0.689. The molecule has 2 aromatic carbocycles. The lowest BCUT2D eigenvalue weighted by molar-refractivity contribution is 0.584. The number of benzene rings is 2. The molecule has 0 spiro atoms. The lowest BCUT2D eigenvalue weighted by Crippen LogP contribution is -2.28. The average Bonchev–Trinajstić information content (AvgIpc) is 2.55. The molecule has 0 aliphatic carbocycles. The van der Waals surface area contributed by atoms with Gasteiger partial charge in [-0.2, -0.15) is 0 Å². The zero-order valence-corrected chi connectivity index (χ0v) is 15.3. The van der Waals surface area contributed by atoms with E-state index >= 15 is 0 Å². The highest BCUT2D eigenvalue weighted by atomic mass is 32.2. The molecule has 5 nitrogen and oxygen atoms in total. The van der Waals surface area contributed by atoms with Crippen LogP contribution in [0.2, 0.25) is 0 Å². The maximum atomic E-state index is 11.9. The fourth-order valence-corrected chi connectivity index (χ4v) is 3.29. The number of thiocarbonyl (C=S) groups is 1. The molecule has 0 amide bonds. The van der Waals surface area contributed by atoms with Crippen LogP contribution in [0.5, 0.6) is 0 Å². The number of hydrogen-bond donors (Lipinski definition) is 3. The summed E-state index contributed by atoms with van der Waals surface area (Å²) in [6.07, 6.45) is 0. The number of nitrogens with one attached hydrogen (secondary N) is 3. The van der Waals surface area contributed by atoms with Crippen LogP contribution in [0.25, 0.3) is 0 Å². The Balaban J connectivity index is 1.91. The highest BCUT2D eigenvalue weighted by Crippen LogP contribution is 2.14. The molecule has 0 aromatic heterocycles. The molecule has 0 unspecified atom stereocenters. The largest absolute Gasteiger partial charge is 0.358 e. The molecule has 0 aliphatic rings. The van der Waals surface area contributed by atoms with Gasteiger partial charge in [-0.05, 0) is 49.0 Å². The normalized spacial score (nSPS) is 11.1. The summed E-state index contributed by atoms with van der Waals surface area (Å²) in [4.78, 5) is 0.230. The Bertz CT molecular complexity index is 786. The molecule has 0 heterocycles. The summed E-state index contributed by atoms with van der Waals surface area (Å²) < 4.78 is 26.2. The molecular formula is C17H21N3O2S2. The van der Waals surface area contributed by atoms with Crippen LogP contribution in [-0.4, -0.2) is 20.1 Å². The molecule has 2 aromatic rings. The average molecular weight is 364 g/mol. The van der Waals surface area contributed by atoms with Gasteiger partial charge < -0.3 is 10.6 Å². The molecule has 0 saturated carbocycles. The van der Waals surface area contributed by atoms with Crippen molar-refractivity contribution >= 4 is 33.0 Å². The minimum Gasteiger partial charge on any atom is -0.358 e. The van der Waals surface area contributed by atoms with Crippen molar-refractivity contribution in [3.8, 4) is 0 Å². The van der Waals surface area contributed by atoms with Gasteiger partial charge in [-0.1, -0.05) is 36.8 Å². The first-order valence-electron chi connectivity index (χ1n) is 7.61. The van der Waals surface area contributed by atoms with Crippen molar-refractivity contribution < 1.29 is 8.42 Å². The smallest absolute Gasteiger partial charge is 0.240 e. The van der Waals surface area contributed by atoms with Gasteiger partial charge in [0, 0.05) is 18.8 Å². The highest BCUT2D eigenvalue weighted by molar-refractivity contribution is 7.89. The first-order valence-corrected chi connectivity index (χ1v) is 9.50. The van der Waals surface area contributed by atoms with Crippen LogP contribution in [0.3, 0.4) is 0 Å². The van der Waals surface area contributed by atoms with E-state index in [0.717, 1.165) is 11.3 Å². The second-order valence-electron chi connectivity index (χ2n) is 5.32. The zero-order valence-electron chi connectivity index (χ0n) is 13.7. The van der Waals surface area contributed by atoms with Crippen molar-refractivity contribution in [1.29, 1.82) is 0 Å². The van der Waals surface area contributed by atoms with Gasteiger partial charge in [-0.25, -0.2) is 13.1 Å². The van der Waals surface area contributed by atoms with Crippen LogP contribution in [0, 0.1) is 6.92 Å². The number of rotatable bonds is 6. The summed E-state index contributed by atoms with van der Waals surface area (Å²) in [6, 6.07) is 14.7. The first kappa shape index (κ1) is 18.4. The van der Waals surface area contributed by atoms with Gasteiger partial charge in [0.05, 0.1) is 4.90 Å². The van der Waals surface area contributed by atoms with Crippen molar-refractivity contribution in [3.63, 3.8) is 0 Å². The number of anilines is 1. The predicted molar refractivity (Wildman–Crippen MR) is 102 cm³/mol. The summed E-state index contributed by atoms with van der Waals surface area (Å²) in [7, 11) is -3.43. The van der Waals surface area contributed by atoms with Crippen molar-refractivity contribution in [1.82, 2.24) is 10.0 Å². The third-order valence-electron chi connectivity index (χ3n) is 3.33. The van der Waals surface area contributed by atoms with Crippen molar-refractivity contribution in [2.24, 2.45) is 0 Å². The van der Waals surface area contributed by atoms with Gasteiger partial charge in [0.15, 0.2) is 5.11 Å². The van der Waals surface area contributed by atoms with E-state index in [1.165, 1.54) is 5.56 Å². The van der Waals surface area contributed by atoms with E-state index in [0.29, 0.717) is 18.2 Å². The molecule has 0 bridgehead atoms. The maximum Gasteiger partial charge on any atom is 0.240 e. The summed E-state index contributed by atoms with van der Waals surface area (Å²) in [5.74, 6) is 0. The predicted octanol–water partition coefficient (Wildman–Crippen LogP) is 2.78. The van der Waals surface area contributed by atoms with E-state index in [-0.39, 0.29) is 4.90 Å². The van der Waals surface area contributed by atoms with Gasteiger partial charge in [0.25, 0.3) is 0 Å². The highest BCUT2D eigenvalue weighted by Gasteiger charge is 2.11. The summed E-state index contributed by atoms with van der Waals surface area (Å²) in [5.41, 5.74) is 3.08. The van der Waals surface area contributed by atoms with Crippen molar-refractivity contribution in [2.75, 3.05) is 11.9 Å². The number of sulfonamides is 1. The summed E-state index contributed by atoms with van der Waals surface area (Å²) >= 11 is 5.26.